The van der Waals surface area contributed by atoms with Gasteiger partial charge in [-0.2, -0.15) is 15.0 Å². The Morgan fingerprint density at radius 1 is 1.11 bits per heavy atom. The van der Waals surface area contributed by atoms with E-state index in [0.717, 1.165) is 13.0 Å². The van der Waals surface area contributed by atoms with Crippen LogP contribution in [0.4, 0.5) is 22.0 Å². The van der Waals surface area contributed by atoms with Crippen molar-refractivity contribution in [2.75, 3.05) is 17.2 Å². The van der Waals surface area contributed by atoms with Crippen molar-refractivity contribution in [3.8, 4) is 0 Å². The van der Waals surface area contributed by atoms with Crippen molar-refractivity contribution < 1.29 is 4.39 Å². The van der Waals surface area contributed by atoms with E-state index in [1.54, 1.807) is 12.1 Å². The van der Waals surface area contributed by atoms with E-state index in [2.05, 4.69) is 25.6 Å². The average Bonchev–Trinajstić information content (AvgIpc) is 2.38. The Bertz CT molecular complexity index is 546. The van der Waals surface area contributed by atoms with Gasteiger partial charge in [0.2, 0.25) is 17.2 Å². The molecule has 0 aliphatic heterocycles. The van der Waals surface area contributed by atoms with E-state index < -0.39 is 0 Å². The largest absolute Gasteiger partial charge is 0.354 e. The number of hydrogen-bond donors (Lipinski definition) is 2. The van der Waals surface area contributed by atoms with Crippen LogP contribution in [0.5, 0.6) is 0 Å². The normalized spacial score (nSPS) is 10.3. The standard InChI is InChI=1S/C12H13ClFN5/c1-2-7-15-11-17-10(13)18-12(19-11)16-9-5-3-8(14)4-6-9/h3-6H,2,7H2,1H3,(H2,15,16,17,18,19). The maximum atomic E-state index is 12.8. The first kappa shape index (κ1) is 13.5. The molecule has 7 heteroatoms. The van der Waals surface area contributed by atoms with E-state index >= 15 is 0 Å². The van der Waals surface area contributed by atoms with Crippen LogP contribution >= 0.6 is 11.6 Å². The zero-order valence-electron chi connectivity index (χ0n) is 10.3. The van der Waals surface area contributed by atoms with E-state index in [1.807, 2.05) is 6.92 Å². The second-order valence-electron chi connectivity index (χ2n) is 3.81. The number of nitrogens with zero attached hydrogens (tertiary/aromatic N) is 3. The van der Waals surface area contributed by atoms with Crippen LogP contribution in [0.3, 0.4) is 0 Å². The van der Waals surface area contributed by atoms with Crippen LogP contribution in [0, 0.1) is 5.82 Å². The summed E-state index contributed by atoms with van der Waals surface area (Å²) in [5.41, 5.74) is 0.671. The van der Waals surface area contributed by atoms with Crippen LogP contribution < -0.4 is 10.6 Å². The number of halogens is 2. The highest BCUT2D eigenvalue weighted by Crippen LogP contribution is 2.16. The van der Waals surface area contributed by atoms with Crippen molar-refractivity contribution in [3.63, 3.8) is 0 Å². The smallest absolute Gasteiger partial charge is 0.233 e. The van der Waals surface area contributed by atoms with Gasteiger partial charge in [0.05, 0.1) is 0 Å². The van der Waals surface area contributed by atoms with Crippen molar-refractivity contribution >= 4 is 29.2 Å². The monoisotopic (exact) mass is 281 g/mol. The van der Waals surface area contributed by atoms with Gasteiger partial charge in [-0.25, -0.2) is 4.39 Å². The highest BCUT2D eigenvalue weighted by Gasteiger charge is 2.05. The lowest BCUT2D eigenvalue weighted by atomic mass is 10.3. The molecular formula is C12H13ClFN5. The minimum atomic E-state index is -0.301. The van der Waals surface area contributed by atoms with E-state index in [-0.39, 0.29) is 11.1 Å². The molecule has 0 aliphatic rings. The molecule has 100 valence electrons. The molecule has 2 rings (SSSR count). The summed E-state index contributed by atoms with van der Waals surface area (Å²) >= 11 is 5.82. The molecule has 2 N–H and O–H groups in total. The van der Waals surface area contributed by atoms with E-state index in [4.69, 9.17) is 11.6 Å². The van der Waals surface area contributed by atoms with E-state index in [0.29, 0.717) is 17.6 Å². The molecule has 0 spiro atoms. The van der Waals surface area contributed by atoms with Gasteiger partial charge < -0.3 is 10.6 Å². The number of rotatable bonds is 5. The molecule has 5 nitrogen and oxygen atoms in total. The summed E-state index contributed by atoms with van der Waals surface area (Å²) in [5.74, 6) is 0.418. The Kier molecular flexibility index (Phi) is 4.46. The van der Waals surface area contributed by atoms with Crippen LogP contribution in [0.25, 0.3) is 0 Å². The van der Waals surface area contributed by atoms with Crippen LogP contribution in [0.2, 0.25) is 5.28 Å². The first-order valence-electron chi connectivity index (χ1n) is 5.85. The van der Waals surface area contributed by atoms with Gasteiger partial charge in [0.25, 0.3) is 0 Å². The molecule has 0 radical (unpaired) electrons. The first-order valence-corrected chi connectivity index (χ1v) is 6.23. The third-order valence-corrected chi connectivity index (χ3v) is 2.41. The first-order chi connectivity index (χ1) is 9.17. The van der Waals surface area contributed by atoms with E-state index in [9.17, 15) is 4.39 Å². The number of aromatic nitrogens is 3. The minimum absolute atomic E-state index is 0.0956. The third kappa shape index (κ3) is 4.03. The van der Waals surface area contributed by atoms with Crippen LogP contribution in [0.15, 0.2) is 24.3 Å². The topological polar surface area (TPSA) is 62.7 Å². The minimum Gasteiger partial charge on any atom is -0.354 e. The Morgan fingerprint density at radius 2 is 1.79 bits per heavy atom. The highest BCUT2D eigenvalue weighted by atomic mass is 35.5. The predicted molar refractivity (Wildman–Crippen MR) is 73.3 cm³/mol. The van der Waals surface area contributed by atoms with Gasteiger partial charge in [0.1, 0.15) is 5.82 Å². The molecule has 0 aliphatic carbocycles. The van der Waals surface area contributed by atoms with Crippen LogP contribution in [0.1, 0.15) is 13.3 Å². The van der Waals surface area contributed by atoms with Crippen molar-refractivity contribution in [1.82, 2.24) is 15.0 Å². The molecule has 1 heterocycles. The fraction of sp³-hybridized carbons (Fsp3) is 0.250. The lowest BCUT2D eigenvalue weighted by Crippen LogP contribution is -2.07. The highest BCUT2D eigenvalue weighted by molar-refractivity contribution is 6.28. The molecule has 0 fully saturated rings. The molecule has 1 aromatic carbocycles. The van der Waals surface area contributed by atoms with Gasteiger partial charge in [0, 0.05) is 12.2 Å². The van der Waals surface area contributed by atoms with Gasteiger partial charge in [-0.15, -0.1) is 0 Å². The van der Waals surface area contributed by atoms with Crippen molar-refractivity contribution in [2.24, 2.45) is 0 Å². The third-order valence-electron chi connectivity index (χ3n) is 2.24. The SMILES string of the molecule is CCCNc1nc(Cl)nc(Nc2ccc(F)cc2)n1. The summed E-state index contributed by atoms with van der Waals surface area (Å²) in [4.78, 5) is 12.1. The lowest BCUT2D eigenvalue weighted by molar-refractivity contribution is 0.628. The Morgan fingerprint density at radius 3 is 2.47 bits per heavy atom. The summed E-state index contributed by atoms with van der Waals surface area (Å²) < 4.78 is 12.8. The Hall–Kier alpha value is -1.95. The van der Waals surface area contributed by atoms with Gasteiger partial charge in [0.15, 0.2) is 0 Å². The van der Waals surface area contributed by atoms with Gasteiger partial charge in [-0.3, -0.25) is 0 Å². The Balaban J connectivity index is 2.15. The van der Waals surface area contributed by atoms with Crippen molar-refractivity contribution in [3.05, 3.63) is 35.4 Å². The molecule has 0 saturated heterocycles. The summed E-state index contributed by atoms with van der Waals surface area (Å²) in [6.07, 6.45) is 0.948. The zero-order chi connectivity index (χ0) is 13.7. The quantitative estimate of drug-likeness (QED) is 0.881. The summed E-state index contributed by atoms with van der Waals surface area (Å²) in [6, 6.07) is 5.88. The van der Waals surface area contributed by atoms with Crippen LogP contribution in [-0.2, 0) is 0 Å². The summed E-state index contributed by atoms with van der Waals surface area (Å²) in [7, 11) is 0. The van der Waals surface area contributed by atoms with Gasteiger partial charge in [-0.05, 0) is 42.3 Å². The molecular weight excluding hydrogens is 269 g/mol. The molecule has 0 unspecified atom stereocenters. The molecule has 0 atom stereocenters. The maximum absolute atomic E-state index is 12.8. The molecule has 0 amide bonds. The summed E-state index contributed by atoms with van der Waals surface area (Å²) in [6.45, 7) is 2.78. The molecule has 2 aromatic rings. The number of anilines is 3. The van der Waals surface area contributed by atoms with E-state index in [1.165, 1.54) is 12.1 Å². The second-order valence-corrected chi connectivity index (χ2v) is 4.15. The zero-order valence-corrected chi connectivity index (χ0v) is 11.1. The maximum Gasteiger partial charge on any atom is 0.233 e. The van der Waals surface area contributed by atoms with Gasteiger partial charge >= 0.3 is 0 Å². The molecule has 0 saturated carbocycles. The Labute approximate surface area is 115 Å². The van der Waals surface area contributed by atoms with Gasteiger partial charge in [-0.1, -0.05) is 6.92 Å². The molecule has 1 aromatic heterocycles. The second kappa shape index (κ2) is 6.29. The van der Waals surface area contributed by atoms with Crippen molar-refractivity contribution in [1.29, 1.82) is 0 Å². The van der Waals surface area contributed by atoms with Crippen LogP contribution in [-0.4, -0.2) is 21.5 Å². The fourth-order valence-electron chi connectivity index (χ4n) is 1.38. The summed E-state index contributed by atoms with van der Waals surface area (Å²) in [5, 5.41) is 6.05. The average molecular weight is 282 g/mol. The predicted octanol–water partition coefficient (Wildman–Crippen LogP) is 3.23. The number of hydrogen-bond acceptors (Lipinski definition) is 5. The molecule has 0 bridgehead atoms. The molecule has 19 heavy (non-hydrogen) atoms. The number of benzene rings is 1. The fourth-order valence-corrected chi connectivity index (χ4v) is 1.54. The number of nitrogens with one attached hydrogen (secondary N) is 2. The lowest BCUT2D eigenvalue weighted by Gasteiger charge is -2.07. The van der Waals surface area contributed by atoms with Crippen molar-refractivity contribution in [2.45, 2.75) is 13.3 Å².